The highest BCUT2D eigenvalue weighted by atomic mass is 35.5. The number of carbonyl (C=O) groups is 1. The molecule has 0 fully saturated rings. The molecule has 0 aromatic heterocycles. The summed E-state index contributed by atoms with van der Waals surface area (Å²) in [5, 5.41) is 15.8. The molecule has 0 aliphatic rings. The summed E-state index contributed by atoms with van der Waals surface area (Å²) < 4.78 is 5.28. The van der Waals surface area contributed by atoms with Crippen LogP contribution in [0.15, 0.2) is 6.07 Å². The number of halogens is 1. The van der Waals surface area contributed by atoms with Gasteiger partial charge in [0.25, 0.3) is 0 Å². The number of carbonyl (C=O) groups excluding carboxylic acids is 1. The fourth-order valence-electron chi connectivity index (χ4n) is 2.36. The zero-order valence-electron chi connectivity index (χ0n) is 15.4. The normalized spacial score (nSPS) is 12.7. The van der Waals surface area contributed by atoms with E-state index >= 15 is 0 Å². The molecule has 0 heterocycles. The van der Waals surface area contributed by atoms with E-state index in [-0.39, 0.29) is 5.88 Å². The van der Waals surface area contributed by atoms with Crippen molar-refractivity contribution in [2.75, 3.05) is 17.7 Å². The number of aliphatic hydroxyl groups excluding tert-OH is 1. The van der Waals surface area contributed by atoms with Crippen LogP contribution in [0.25, 0.3) is 0 Å². The molecule has 1 atom stereocenters. The Hall–Kier alpha value is -1.46. The molecule has 5 nitrogen and oxygen atoms in total. The summed E-state index contributed by atoms with van der Waals surface area (Å²) in [5.74, 6) is 0.169. The Labute approximate surface area is 149 Å². The van der Waals surface area contributed by atoms with E-state index in [1.165, 1.54) is 0 Å². The van der Waals surface area contributed by atoms with Gasteiger partial charge in [0.1, 0.15) is 5.60 Å². The number of hydrogen-bond acceptors (Lipinski definition) is 4. The third-order valence-corrected chi connectivity index (χ3v) is 4.03. The Kier molecular flexibility index (Phi) is 7.36. The van der Waals surface area contributed by atoms with Crippen LogP contribution < -0.4 is 10.6 Å². The van der Waals surface area contributed by atoms with Gasteiger partial charge in [-0.05, 0) is 63.8 Å². The van der Waals surface area contributed by atoms with Crippen molar-refractivity contribution in [1.82, 2.24) is 5.32 Å². The number of anilines is 1. The van der Waals surface area contributed by atoms with E-state index in [9.17, 15) is 9.90 Å². The van der Waals surface area contributed by atoms with Crippen LogP contribution in [0.2, 0.25) is 0 Å². The largest absolute Gasteiger partial charge is 0.444 e. The second-order valence-electron chi connectivity index (χ2n) is 7.03. The number of rotatable bonds is 6. The van der Waals surface area contributed by atoms with Gasteiger partial charge in [0.15, 0.2) is 0 Å². The lowest BCUT2D eigenvalue weighted by atomic mass is 9.97. The third kappa shape index (κ3) is 6.21. The van der Waals surface area contributed by atoms with Crippen LogP contribution in [0.3, 0.4) is 0 Å². The SMILES string of the molecule is Cc1cc(C)c(CNC(=O)OC(C)(C)C)c(NCC(O)CCl)c1C. The van der Waals surface area contributed by atoms with Crippen molar-refractivity contribution >= 4 is 23.4 Å². The number of benzene rings is 1. The van der Waals surface area contributed by atoms with Crippen molar-refractivity contribution in [1.29, 1.82) is 0 Å². The molecule has 6 heteroatoms. The summed E-state index contributed by atoms with van der Waals surface area (Å²) in [6.07, 6.45) is -1.08. The lowest BCUT2D eigenvalue weighted by molar-refractivity contribution is 0.0523. The maximum absolute atomic E-state index is 11.9. The third-order valence-electron chi connectivity index (χ3n) is 3.68. The first-order valence-electron chi connectivity index (χ1n) is 8.09. The number of aryl methyl sites for hydroxylation is 2. The fourth-order valence-corrected chi connectivity index (χ4v) is 2.47. The number of amides is 1. The van der Waals surface area contributed by atoms with E-state index in [4.69, 9.17) is 16.3 Å². The number of aliphatic hydroxyl groups is 1. The smallest absolute Gasteiger partial charge is 0.407 e. The average molecular weight is 357 g/mol. The summed E-state index contributed by atoms with van der Waals surface area (Å²) in [7, 11) is 0. The van der Waals surface area contributed by atoms with E-state index < -0.39 is 17.8 Å². The minimum absolute atomic E-state index is 0.169. The lowest BCUT2D eigenvalue weighted by Crippen LogP contribution is -2.32. The van der Waals surface area contributed by atoms with E-state index in [0.717, 1.165) is 27.9 Å². The highest BCUT2D eigenvalue weighted by molar-refractivity contribution is 6.18. The van der Waals surface area contributed by atoms with Crippen molar-refractivity contribution < 1.29 is 14.6 Å². The molecule has 0 aliphatic carbocycles. The van der Waals surface area contributed by atoms with E-state index in [2.05, 4.69) is 16.7 Å². The first-order valence-corrected chi connectivity index (χ1v) is 8.63. The molecule has 1 aromatic rings. The number of hydrogen-bond donors (Lipinski definition) is 3. The van der Waals surface area contributed by atoms with Gasteiger partial charge < -0.3 is 20.5 Å². The first-order chi connectivity index (χ1) is 11.0. The molecule has 1 rings (SSSR count). The van der Waals surface area contributed by atoms with Crippen LogP contribution in [0.1, 0.15) is 43.0 Å². The van der Waals surface area contributed by atoms with Crippen LogP contribution in [0.5, 0.6) is 0 Å². The predicted octanol–water partition coefficient (Wildman–Crippen LogP) is 3.65. The van der Waals surface area contributed by atoms with Gasteiger partial charge in [0.05, 0.1) is 12.0 Å². The topological polar surface area (TPSA) is 70.6 Å². The summed E-state index contributed by atoms with van der Waals surface area (Å²) in [5.41, 5.74) is 4.67. The van der Waals surface area contributed by atoms with Gasteiger partial charge in [-0.25, -0.2) is 4.79 Å². The Morgan fingerprint density at radius 3 is 2.46 bits per heavy atom. The summed E-state index contributed by atoms with van der Waals surface area (Å²) in [6, 6.07) is 2.09. The van der Waals surface area contributed by atoms with E-state index in [1.54, 1.807) is 0 Å². The number of alkyl halides is 1. The number of ether oxygens (including phenoxy) is 1. The molecule has 0 saturated heterocycles. The minimum Gasteiger partial charge on any atom is -0.444 e. The summed E-state index contributed by atoms with van der Waals surface area (Å²) in [6.45, 7) is 12.2. The van der Waals surface area contributed by atoms with Crippen LogP contribution in [0, 0.1) is 20.8 Å². The van der Waals surface area contributed by atoms with Crippen molar-refractivity contribution in [3.63, 3.8) is 0 Å². The Balaban J connectivity index is 2.95. The van der Waals surface area contributed by atoms with Crippen molar-refractivity contribution in [3.8, 4) is 0 Å². The lowest BCUT2D eigenvalue weighted by Gasteiger charge is -2.22. The summed E-state index contributed by atoms with van der Waals surface area (Å²) in [4.78, 5) is 11.9. The van der Waals surface area contributed by atoms with Crippen LogP contribution in [-0.4, -0.2) is 35.3 Å². The van der Waals surface area contributed by atoms with Crippen LogP contribution in [-0.2, 0) is 11.3 Å². The molecular formula is C18H29ClN2O3. The predicted molar refractivity (Wildman–Crippen MR) is 98.9 cm³/mol. The second-order valence-corrected chi connectivity index (χ2v) is 7.34. The Morgan fingerprint density at radius 2 is 1.92 bits per heavy atom. The molecule has 1 amide bonds. The van der Waals surface area contributed by atoms with Gasteiger partial charge >= 0.3 is 6.09 Å². The standard InChI is InChI=1S/C18H29ClN2O3/c1-11-7-12(2)15(10-21-17(23)24-18(4,5)6)16(13(11)3)20-9-14(22)8-19/h7,14,20,22H,8-10H2,1-6H3,(H,21,23). The van der Waals surface area contributed by atoms with Gasteiger partial charge in [-0.2, -0.15) is 0 Å². The summed E-state index contributed by atoms with van der Waals surface area (Å²) >= 11 is 5.66. The highest BCUT2D eigenvalue weighted by Crippen LogP contribution is 2.27. The molecule has 1 aromatic carbocycles. The number of nitrogens with one attached hydrogen (secondary N) is 2. The van der Waals surface area contributed by atoms with Gasteiger partial charge in [0.2, 0.25) is 0 Å². The first kappa shape index (κ1) is 20.6. The van der Waals surface area contributed by atoms with Gasteiger partial charge in [-0.1, -0.05) is 6.07 Å². The van der Waals surface area contributed by atoms with Crippen molar-refractivity contribution in [3.05, 3.63) is 28.3 Å². The molecule has 24 heavy (non-hydrogen) atoms. The molecule has 3 N–H and O–H groups in total. The maximum atomic E-state index is 11.9. The fraction of sp³-hybridized carbons (Fsp3) is 0.611. The molecule has 136 valence electrons. The van der Waals surface area contributed by atoms with Gasteiger partial charge in [-0.3, -0.25) is 0 Å². The Morgan fingerprint density at radius 1 is 1.29 bits per heavy atom. The molecule has 0 saturated carbocycles. The van der Waals surface area contributed by atoms with Crippen molar-refractivity contribution in [2.24, 2.45) is 0 Å². The average Bonchev–Trinajstić information content (AvgIpc) is 2.46. The second kappa shape index (κ2) is 8.58. The zero-order valence-corrected chi connectivity index (χ0v) is 16.2. The minimum atomic E-state index is -0.626. The number of alkyl carbamates (subject to hydrolysis) is 1. The molecule has 1 unspecified atom stereocenters. The zero-order chi connectivity index (χ0) is 18.5. The maximum Gasteiger partial charge on any atom is 0.407 e. The van der Waals surface area contributed by atoms with Crippen molar-refractivity contribution in [2.45, 2.75) is 59.8 Å². The Bertz CT molecular complexity index is 583. The quantitative estimate of drug-likeness (QED) is 0.680. The molecule has 0 spiro atoms. The van der Waals surface area contributed by atoms with Gasteiger partial charge in [0, 0.05) is 18.8 Å². The van der Waals surface area contributed by atoms with E-state index in [0.29, 0.717) is 13.1 Å². The van der Waals surface area contributed by atoms with Crippen LogP contribution >= 0.6 is 11.6 Å². The van der Waals surface area contributed by atoms with E-state index in [1.807, 2.05) is 41.5 Å². The molecule has 0 aliphatic heterocycles. The molecule has 0 bridgehead atoms. The highest BCUT2D eigenvalue weighted by Gasteiger charge is 2.18. The molecular weight excluding hydrogens is 328 g/mol. The van der Waals surface area contributed by atoms with Crippen LogP contribution in [0.4, 0.5) is 10.5 Å². The molecule has 0 radical (unpaired) electrons. The van der Waals surface area contributed by atoms with Gasteiger partial charge in [-0.15, -0.1) is 11.6 Å². The monoisotopic (exact) mass is 356 g/mol.